The fourth-order valence-corrected chi connectivity index (χ4v) is 20.7. The van der Waals surface area contributed by atoms with E-state index in [4.69, 9.17) is 14.2 Å². The third-order valence-corrected chi connectivity index (χ3v) is 30.3. The molecule has 4 N–H and O–H groups in total. The van der Waals surface area contributed by atoms with E-state index >= 15 is 0 Å². The van der Waals surface area contributed by atoms with E-state index in [1.807, 2.05) is 0 Å². The average molecular weight is 2000 g/mol. The number of nitrogens with one attached hydrogen (secondary N) is 2. The van der Waals surface area contributed by atoms with Gasteiger partial charge in [0, 0.05) is 38.9 Å². The Balaban J connectivity index is 0. The van der Waals surface area contributed by atoms with Crippen LogP contribution in [0.1, 0.15) is 691 Å². The first-order valence-electron chi connectivity index (χ1n) is 65.0. The molecule has 0 aliphatic rings. The average Bonchev–Trinajstić information content (AvgIpc) is 0.932. The number of ether oxygens (including phenoxy) is 3. The van der Waals surface area contributed by atoms with Crippen LogP contribution in [0.2, 0.25) is 0 Å². The summed E-state index contributed by atoms with van der Waals surface area (Å²) in [6, 6.07) is 0. The summed E-state index contributed by atoms with van der Waals surface area (Å²) in [6.45, 7) is 29.9. The standard InChI is InChI=1S/C73H147N3O5.C55H112N2O3/c1-5-9-13-17-21-25-29-33-37-41-45-49-55-67-80-72(78)59-57-65-76(66-58-60-73(79)81-68-56-50-46-42-38-34-30-26-22-18-14-10-6-2)70-71(77)69-75(63-53-48-44-40-36-32-28-24-20-16-12-8-4)64-54-52-62-74-61-51-47-43-39-35-31-27-23-19-15-11-7-3;1-4-7-10-13-16-19-22-25-28-31-34-37-45-52-60-55(59)47-40-38-39-46-54(58)53-57(50-43-36-33-30-27-24-21-18-15-12-9-6-3)51-44-42-49-56-48-41-35-32-29-26-23-20-17-14-11-8-5-2/h71,74,77H,5-70H2,1-4H3;54,56,58H,4-53H2,1-3H3. The first-order chi connectivity index (χ1) is 69.6. The van der Waals surface area contributed by atoms with Crippen LogP contribution in [0, 0.1) is 0 Å². The van der Waals surface area contributed by atoms with E-state index in [1.54, 1.807) is 0 Å². The van der Waals surface area contributed by atoms with Crippen molar-refractivity contribution in [1.82, 2.24) is 25.3 Å². The maximum Gasteiger partial charge on any atom is 0.305 e. The van der Waals surface area contributed by atoms with Gasteiger partial charge >= 0.3 is 17.9 Å². The maximum atomic E-state index is 12.9. The van der Waals surface area contributed by atoms with E-state index in [1.165, 1.54) is 546 Å². The van der Waals surface area contributed by atoms with Crippen molar-refractivity contribution in [1.29, 1.82) is 0 Å². The van der Waals surface area contributed by atoms with Crippen molar-refractivity contribution >= 4 is 17.9 Å². The highest BCUT2D eigenvalue weighted by Gasteiger charge is 2.20. The van der Waals surface area contributed by atoms with Gasteiger partial charge in [-0.1, -0.05) is 575 Å². The van der Waals surface area contributed by atoms with Crippen molar-refractivity contribution in [3.05, 3.63) is 0 Å². The monoisotopic (exact) mass is 2000 g/mol. The van der Waals surface area contributed by atoms with E-state index in [9.17, 15) is 24.6 Å². The molecule has 0 saturated heterocycles. The number of hydrogen-bond acceptors (Lipinski definition) is 13. The Morgan fingerprint density at radius 2 is 0.326 bits per heavy atom. The lowest BCUT2D eigenvalue weighted by atomic mass is 10.0. The lowest BCUT2D eigenvalue weighted by Gasteiger charge is -2.29. The number of unbranched alkanes of at least 4 members (excludes halogenated alkanes) is 84. The molecule has 0 aliphatic carbocycles. The smallest absolute Gasteiger partial charge is 0.305 e. The molecule has 13 heteroatoms. The van der Waals surface area contributed by atoms with E-state index in [-0.39, 0.29) is 24.0 Å². The molecule has 0 rings (SSSR count). The van der Waals surface area contributed by atoms with Crippen LogP contribution in [0.15, 0.2) is 0 Å². The van der Waals surface area contributed by atoms with Gasteiger partial charge in [0.05, 0.1) is 32.0 Å². The summed E-state index contributed by atoms with van der Waals surface area (Å²) in [7, 11) is 0. The molecule has 2 unspecified atom stereocenters. The van der Waals surface area contributed by atoms with Gasteiger partial charge in [-0.15, -0.1) is 0 Å². The van der Waals surface area contributed by atoms with Crippen LogP contribution in [0.5, 0.6) is 0 Å². The van der Waals surface area contributed by atoms with Gasteiger partial charge in [-0.05, 0) is 162 Å². The van der Waals surface area contributed by atoms with E-state index < -0.39 is 6.10 Å². The van der Waals surface area contributed by atoms with Crippen LogP contribution in [0.25, 0.3) is 0 Å². The van der Waals surface area contributed by atoms with Crippen molar-refractivity contribution in [2.75, 3.05) is 105 Å². The molecular formula is C128H259N5O8. The summed E-state index contributed by atoms with van der Waals surface area (Å²) in [5, 5.41) is 30.2. The molecule has 0 heterocycles. The predicted octanol–water partition coefficient (Wildman–Crippen LogP) is 38.6. The molecule has 141 heavy (non-hydrogen) atoms. The molecule has 0 fully saturated rings. The minimum atomic E-state index is -0.490. The minimum absolute atomic E-state index is 0.0355. The lowest BCUT2D eigenvalue weighted by Crippen LogP contribution is -2.42. The summed E-state index contributed by atoms with van der Waals surface area (Å²) in [6.07, 6.45) is 128. The first-order valence-corrected chi connectivity index (χ1v) is 65.0. The molecule has 0 spiro atoms. The molecule has 0 aromatic heterocycles. The Morgan fingerprint density at radius 3 is 0.539 bits per heavy atom. The topological polar surface area (TPSA) is 153 Å². The Bertz CT molecular complexity index is 2250. The minimum Gasteiger partial charge on any atom is -0.466 e. The summed E-state index contributed by atoms with van der Waals surface area (Å²) in [5.41, 5.74) is 0. The molecule has 0 bridgehead atoms. The second kappa shape index (κ2) is 127. The van der Waals surface area contributed by atoms with Crippen molar-refractivity contribution in [3.63, 3.8) is 0 Å². The van der Waals surface area contributed by atoms with Crippen molar-refractivity contribution < 1.29 is 38.8 Å². The fraction of sp³-hybridized carbons (Fsp3) is 0.977. The Kier molecular flexibility index (Phi) is 127. The summed E-state index contributed by atoms with van der Waals surface area (Å²) >= 11 is 0. The van der Waals surface area contributed by atoms with Gasteiger partial charge in [0.1, 0.15) is 0 Å². The number of hydrogen-bond donors (Lipinski definition) is 4. The van der Waals surface area contributed by atoms with E-state index in [0.717, 1.165) is 123 Å². The van der Waals surface area contributed by atoms with Gasteiger partial charge in [0.25, 0.3) is 0 Å². The molecule has 0 radical (unpaired) electrons. The lowest BCUT2D eigenvalue weighted by molar-refractivity contribution is -0.145. The molecule has 0 saturated carbocycles. The van der Waals surface area contributed by atoms with Gasteiger partial charge in [-0.3, -0.25) is 14.4 Å². The second-order valence-electron chi connectivity index (χ2n) is 44.9. The zero-order valence-electron chi connectivity index (χ0n) is 97.4. The molecule has 0 amide bonds. The van der Waals surface area contributed by atoms with Gasteiger partial charge in [-0.2, -0.15) is 0 Å². The Morgan fingerprint density at radius 1 is 0.177 bits per heavy atom. The maximum absolute atomic E-state index is 12.9. The Hall–Kier alpha value is -1.87. The van der Waals surface area contributed by atoms with Crippen molar-refractivity contribution in [2.24, 2.45) is 0 Å². The largest absolute Gasteiger partial charge is 0.466 e. The number of esters is 3. The highest BCUT2D eigenvalue weighted by molar-refractivity contribution is 5.70. The van der Waals surface area contributed by atoms with E-state index in [0.29, 0.717) is 78.1 Å². The summed E-state index contributed by atoms with van der Waals surface area (Å²) in [5.74, 6) is -0.252. The molecule has 0 aliphatic heterocycles. The zero-order chi connectivity index (χ0) is 102. The van der Waals surface area contributed by atoms with Gasteiger partial charge in [0.15, 0.2) is 0 Å². The van der Waals surface area contributed by atoms with Crippen LogP contribution < -0.4 is 10.6 Å². The highest BCUT2D eigenvalue weighted by Crippen LogP contribution is 2.23. The quantitative estimate of drug-likeness (QED) is 0.0260. The molecule has 0 aromatic carbocycles. The van der Waals surface area contributed by atoms with Gasteiger partial charge in [0.2, 0.25) is 0 Å². The SMILES string of the molecule is CCCCCCCCCCCCCCCOC(=O)CCCCCC(O)CN(CCCCCCCCCCCCCC)CCCCNCCCCCCCCCCCCCC.CCCCCCCCCCCCCCCOC(=O)CCCN(CCCC(=O)OCCCCCCCCCCCCCCC)CC(O)CN(CCCCCCCCCCCCCC)CCCCNCCCCCCCCCCCCCC. The fourth-order valence-electron chi connectivity index (χ4n) is 20.7. The third kappa shape index (κ3) is 123. The first kappa shape index (κ1) is 141. The highest BCUT2D eigenvalue weighted by atomic mass is 16.5. The van der Waals surface area contributed by atoms with Crippen LogP contribution in [0.4, 0.5) is 0 Å². The molecule has 13 nitrogen and oxygen atoms in total. The number of aliphatic hydroxyl groups excluding tert-OH is 2. The van der Waals surface area contributed by atoms with Crippen molar-refractivity contribution in [2.45, 2.75) is 703 Å². The number of carbonyl (C=O) groups is 3. The predicted molar refractivity (Wildman–Crippen MR) is 621 cm³/mol. The second-order valence-corrected chi connectivity index (χ2v) is 44.9. The van der Waals surface area contributed by atoms with E-state index in [2.05, 4.69) is 73.8 Å². The normalized spacial score (nSPS) is 12.2. The number of aliphatic hydroxyl groups is 2. The van der Waals surface area contributed by atoms with Crippen LogP contribution >= 0.6 is 0 Å². The summed E-state index contributed by atoms with van der Waals surface area (Å²) in [4.78, 5) is 45.4. The van der Waals surface area contributed by atoms with Gasteiger partial charge in [-0.25, -0.2) is 0 Å². The van der Waals surface area contributed by atoms with Crippen molar-refractivity contribution in [3.8, 4) is 0 Å². The number of carbonyl (C=O) groups excluding carboxylic acids is 3. The Labute approximate surface area is 884 Å². The number of nitrogens with zero attached hydrogens (tertiary/aromatic N) is 3. The van der Waals surface area contributed by atoms with Crippen LogP contribution in [-0.2, 0) is 28.6 Å². The van der Waals surface area contributed by atoms with Crippen LogP contribution in [0.3, 0.4) is 0 Å². The molecule has 0 aromatic rings. The summed E-state index contributed by atoms with van der Waals surface area (Å²) < 4.78 is 16.9. The third-order valence-electron chi connectivity index (χ3n) is 30.3. The van der Waals surface area contributed by atoms with Crippen LogP contribution in [-0.4, -0.2) is 160 Å². The molecule has 2 atom stereocenters. The molecular weight excluding hydrogens is 1740 g/mol. The van der Waals surface area contributed by atoms with Gasteiger partial charge < -0.3 is 49.8 Å². The number of rotatable bonds is 124. The molecule has 844 valence electrons. The zero-order valence-corrected chi connectivity index (χ0v) is 97.4.